The highest BCUT2D eigenvalue weighted by molar-refractivity contribution is 5.86. The summed E-state index contributed by atoms with van der Waals surface area (Å²) < 4.78 is 1.97. The molecule has 0 aliphatic rings. The number of nitrogens with zero attached hydrogens (tertiary/aromatic N) is 2. The van der Waals surface area contributed by atoms with Crippen molar-refractivity contribution in [1.82, 2.24) is 9.55 Å². The lowest BCUT2D eigenvalue weighted by Gasteiger charge is -2.16. The van der Waals surface area contributed by atoms with E-state index in [1.54, 1.807) is 0 Å². The summed E-state index contributed by atoms with van der Waals surface area (Å²) in [6.45, 7) is 4.06. The van der Waals surface area contributed by atoms with E-state index in [2.05, 4.69) is 4.98 Å². The van der Waals surface area contributed by atoms with E-state index in [0.717, 1.165) is 23.3 Å². The summed E-state index contributed by atoms with van der Waals surface area (Å²) in [5.41, 5.74) is 7.94. The maximum atomic E-state index is 12.2. The minimum Gasteiger partial charge on any atom is -0.331 e. The van der Waals surface area contributed by atoms with Gasteiger partial charge in [0.05, 0.1) is 23.5 Å². The topological polar surface area (TPSA) is 60.9 Å². The largest absolute Gasteiger partial charge is 0.331 e. The molecule has 1 aromatic heterocycles. The summed E-state index contributed by atoms with van der Waals surface area (Å²) in [6, 6.07) is 7.49. The van der Waals surface area contributed by atoms with Gasteiger partial charge in [-0.05, 0) is 18.1 Å². The minimum atomic E-state index is -0.398. The molecule has 0 radical (unpaired) electrons. The molecule has 0 aliphatic carbocycles. The van der Waals surface area contributed by atoms with E-state index in [1.165, 1.54) is 0 Å². The van der Waals surface area contributed by atoms with Crippen molar-refractivity contribution in [2.24, 2.45) is 18.7 Å². The summed E-state index contributed by atoms with van der Waals surface area (Å²) >= 11 is 0. The molecule has 2 atom stereocenters. The van der Waals surface area contributed by atoms with Gasteiger partial charge in [-0.2, -0.15) is 0 Å². The lowest BCUT2D eigenvalue weighted by atomic mass is 9.95. The van der Waals surface area contributed by atoms with Gasteiger partial charge in [0.2, 0.25) is 0 Å². The highest BCUT2D eigenvalue weighted by Crippen LogP contribution is 2.16. The molecule has 4 heteroatoms. The molecule has 2 unspecified atom stereocenters. The summed E-state index contributed by atoms with van der Waals surface area (Å²) in [6.07, 6.45) is 1.21. The molecule has 0 saturated heterocycles. The molecule has 19 heavy (non-hydrogen) atoms. The second-order valence-electron chi connectivity index (χ2n) is 5.13. The van der Waals surface area contributed by atoms with Gasteiger partial charge in [0, 0.05) is 7.05 Å². The number of fused-ring (bicyclic) bond motifs is 1. The average molecular weight is 259 g/mol. The van der Waals surface area contributed by atoms with Crippen molar-refractivity contribution in [3.63, 3.8) is 0 Å². The number of aromatic nitrogens is 2. The number of aryl methyl sites for hydroxylation is 1. The Bertz CT molecular complexity index is 588. The van der Waals surface area contributed by atoms with Crippen LogP contribution >= 0.6 is 0 Å². The summed E-state index contributed by atoms with van der Waals surface area (Å²) in [5.74, 6) is 1.06. The third kappa shape index (κ3) is 2.68. The number of nitrogens with two attached hydrogens (primary N) is 1. The first-order valence-electron chi connectivity index (χ1n) is 6.73. The molecule has 1 heterocycles. The first-order chi connectivity index (χ1) is 9.04. The van der Waals surface area contributed by atoms with Crippen molar-refractivity contribution < 1.29 is 4.79 Å². The SMILES string of the molecule is CCC(C)C(N)C(=O)Cc1nc2ccccc2n1C. The van der Waals surface area contributed by atoms with Crippen LogP contribution in [0.4, 0.5) is 0 Å². The summed E-state index contributed by atoms with van der Waals surface area (Å²) in [7, 11) is 1.94. The van der Waals surface area contributed by atoms with Crippen LogP contribution in [0, 0.1) is 5.92 Å². The molecule has 2 N–H and O–H groups in total. The highest BCUT2D eigenvalue weighted by Gasteiger charge is 2.21. The van der Waals surface area contributed by atoms with Crippen LogP contribution in [-0.2, 0) is 18.3 Å². The zero-order valence-corrected chi connectivity index (χ0v) is 11.8. The van der Waals surface area contributed by atoms with Crippen molar-refractivity contribution in [2.75, 3.05) is 0 Å². The van der Waals surface area contributed by atoms with Crippen LogP contribution in [0.15, 0.2) is 24.3 Å². The fourth-order valence-corrected chi connectivity index (χ4v) is 2.20. The van der Waals surface area contributed by atoms with Gasteiger partial charge in [-0.3, -0.25) is 4.79 Å². The first-order valence-corrected chi connectivity index (χ1v) is 6.73. The summed E-state index contributed by atoms with van der Waals surface area (Å²) in [4.78, 5) is 16.7. The Morgan fingerprint density at radius 2 is 2.11 bits per heavy atom. The second-order valence-corrected chi connectivity index (χ2v) is 5.13. The van der Waals surface area contributed by atoms with Crippen LogP contribution in [0.25, 0.3) is 11.0 Å². The van der Waals surface area contributed by atoms with Gasteiger partial charge in [-0.15, -0.1) is 0 Å². The van der Waals surface area contributed by atoms with Crippen molar-refractivity contribution in [3.8, 4) is 0 Å². The third-order valence-electron chi connectivity index (χ3n) is 3.84. The molecule has 2 rings (SSSR count). The third-order valence-corrected chi connectivity index (χ3v) is 3.84. The van der Waals surface area contributed by atoms with Gasteiger partial charge in [0.25, 0.3) is 0 Å². The van der Waals surface area contributed by atoms with Crippen LogP contribution in [0.2, 0.25) is 0 Å². The van der Waals surface area contributed by atoms with Crippen molar-refractivity contribution in [2.45, 2.75) is 32.7 Å². The molecule has 0 fully saturated rings. The van der Waals surface area contributed by atoms with Gasteiger partial charge in [0.1, 0.15) is 5.82 Å². The lowest BCUT2D eigenvalue weighted by molar-refractivity contribution is -0.120. The molecule has 0 spiro atoms. The number of Topliss-reactive ketones (excluding diaryl/α,β-unsaturated/α-hetero) is 1. The Balaban J connectivity index is 2.22. The van der Waals surface area contributed by atoms with Gasteiger partial charge < -0.3 is 10.3 Å². The van der Waals surface area contributed by atoms with Crippen molar-refractivity contribution in [1.29, 1.82) is 0 Å². The maximum absolute atomic E-state index is 12.2. The number of para-hydroxylation sites is 2. The van der Waals surface area contributed by atoms with Gasteiger partial charge in [-0.25, -0.2) is 4.98 Å². The quantitative estimate of drug-likeness (QED) is 0.894. The van der Waals surface area contributed by atoms with Crippen LogP contribution in [0.1, 0.15) is 26.1 Å². The van der Waals surface area contributed by atoms with E-state index >= 15 is 0 Å². The van der Waals surface area contributed by atoms with Gasteiger partial charge >= 0.3 is 0 Å². The Kier molecular flexibility index (Phi) is 4.00. The van der Waals surface area contributed by atoms with Crippen LogP contribution in [0.3, 0.4) is 0 Å². The molecule has 4 nitrogen and oxygen atoms in total. The molecule has 2 aromatic rings. The van der Waals surface area contributed by atoms with E-state index in [0.29, 0.717) is 6.42 Å². The number of rotatable bonds is 5. The zero-order valence-electron chi connectivity index (χ0n) is 11.8. The number of carbonyl (C=O) groups is 1. The molecule has 102 valence electrons. The minimum absolute atomic E-state index is 0.0627. The molecule has 1 aromatic carbocycles. The standard InChI is InChI=1S/C15H21N3O/c1-4-10(2)15(16)13(19)9-14-17-11-7-5-6-8-12(11)18(14)3/h5-8,10,15H,4,9,16H2,1-3H3. The Labute approximate surface area is 113 Å². The van der Waals surface area contributed by atoms with Gasteiger partial charge in [0.15, 0.2) is 5.78 Å². The lowest BCUT2D eigenvalue weighted by Crippen LogP contribution is -2.38. The Morgan fingerprint density at radius 1 is 1.42 bits per heavy atom. The first kappa shape index (κ1) is 13.7. The second kappa shape index (κ2) is 5.53. The number of benzene rings is 1. The molecule has 0 aliphatic heterocycles. The summed E-state index contributed by atoms with van der Waals surface area (Å²) in [5, 5.41) is 0. The fourth-order valence-electron chi connectivity index (χ4n) is 2.20. The number of carbonyl (C=O) groups excluding carboxylic acids is 1. The fraction of sp³-hybridized carbons (Fsp3) is 0.467. The molecule has 0 saturated carbocycles. The van der Waals surface area contributed by atoms with Crippen molar-refractivity contribution in [3.05, 3.63) is 30.1 Å². The maximum Gasteiger partial charge on any atom is 0.157 e. The number of ketones is 1. The predicted molar refractivity (Wildman–Crippen MR) is 76.9 cm³/mol. The zero-order chi connectivity index (χ0) is 14.0. The highest BCUT2D eigenvalue weighted by atomic mass is 16.1. The van der Waals surface area contributed by atoms with Crippen LogP contribution < -0.4 is 5.73 Å². The van der Waals surface area contributed by atoms with E-state index in [9.17, 15) is 4.79 Å². The van der Waals surface area contributed by atoms with Gasteiger partial charge in [-0.1, -0.05) is 32.4 Å². The number of hydrogen-bond acceptors (Lipinski definition) is 3. The predicted octanol–water partition coefficient (Wildman–Crippen LogP) is 2.06. The Hall–Kier alpha value is -1.68. The van der Waals surface area contributed by atoms with Crippen LogP contribution in [0.5, 0.6) is 0 Å². The molecular formula is C15H21N3O. The van der Waals surface area contributed by atoms with Crippen molar-refractivity contribution >= 4 is 16.8 Å². The van der Waals surface area contributed by atoms with E-state index in [1.807, 2.05) is 49.7 Å². The van der Waals surface area contributed by atoms with E-state index in [-0.39, 0.29) is 11.7 Å². The molecule has 0 amide bonds. The number of hydrogen-bond donors (Lipinski definition) is 1. The smallest absolute Gasteiger partial charge is 0.157 e. The normalized spacial score (nSPS) is 14.5. The van der Waals surface area contributed by atoms with Crippen LogP contribution in [-0.4, -0.2) is 21.4 Å². The monoisotopic (exact) mass is 259 g/mol. The Morgan fingerprint density at radius 3 is 2.74 bits per heavy atom. The molecule has 0 bridgehead atoms. The number of imidazole rings is 1. The van der Waals surface area contributed by atoms with E-state index < -0.39 is 6.04 Å². The molecular weight excluding hydrogens is 238 g/mol. The van der Waals surface area contributed by atoms with E-state index in [4.69, 9.17) is 5.73 Å². The average Bonchev–Trinajstić information content (AvgIpc) is 2.74.